The summed E-state index contributed by atoms with van der Waals surface area (Å²) in [6.07, 6.45) is 1.14. The van der Waals surface area contributed by atoms with E-state index in [2.05, 4.69) is 53.8 Å². The average molecular weight is 228 g/mol. The van der Waals surface area contributed by atoms with Gasteiger partial charge in [0.1, 0.15) is 0 Å². The van der Waals surface area contributed by atoms with Gasteiger partial charge in [0.15, 0.2) is 0 Å². The third-order valence-electron chi connectivity index (χ3n) is 4.13. The van der Waals surface area contributed by atoms with E-state index < -0.39 is 0 Å². The third-order valence-corrected chi connectivity index (χ3v) is 4.13. The van der Waals surface area contributed by atoms with Crippen molar-refractivity contribution in [2.24, 2.45) is 22.0 Å². The van der Waals surface area contributed by atoms with Gasteiger partial charge in [-0.3, -0.25) is 0 Å². The van der Waals surface area contributed by atoms with Crippen molar-refractivity contribution in [3.63, 3.8) is 0 Å². The quantitative estimate of drug-likeness (QED) is 0.686. The molecule has 0 bridgehead atoms. The molecule has 2 nitrogen and oxygen atoms in total. The van der Waals surface area contributed by atoms with Crippen LogP contribution in [-0.4, -0.2) is 19.6 Å². The minimum Gasteiger partial charge on any atom is -0.330 e. The molecule has 0 rings (SSSR count). The average Bonchev–Trinajstić information content (AvgIpc) is 2.11. The molecule has 0 amide bonds. The molecule has 16 heavy (non-hydrogen) atoms. The van der Waals surface area contributed by atoms with Crippen molar-refractivity contribution in [2.45, 2.75) is 54.9 Å². The number of hydrogen-bond acceptors (Lipinski definition) is 2. The van der Waals surface area contributed by atoms with Gasteiger partial charge in [-0.25, -0.2) is 0 Å². The fraction of sp³-hybridized carbons (Fsp3) is 1.00. The van der Waals surface area contributed by atoms with E-state index in [0.29, 0.717) is 10.8 Å². The van der Waals surface area contributed by atoms with E-state index in [-0.39, 0.29) is 5.41 Å². The second-order valence-corrected chi connectivity index (χ2v) is 7.43. The van der Waals surface area contributed by atoms with Crippen molar-refractivity contribution in [3.8, 4) is 0 Å². The minimum atomic E-state index is 0.263. The molecule has 2 heteroatoms. The summed E-state index contributed by atoms with van der Waals surface area (Å²) in [5.41, 5.74) is 6.63. The second kappa shape index (κ2) is 5.50. The molecular formula is C14H32N2. The van der Waals surface area contributed by atoms with Gasteiger partial charge in [-0.15, -0.1) is 0 Å². The molecule has 3 N–H and O–H groups in total. The van der Waals surface area contributed by atoms with E-state index in [1.165, 1.54) is 0 Å². The summed E-state index contributed by atoms with van der Waals surface area (Å²) in [4.78, 5) is 0. The van der Waals surface area contributed by atoms with Gasteiger partial charge in [-0.2, -0.15) is 0 Å². The first-order valence-corrected chi connectivity index (χ1v) is 6.43. The van der Waals surface area contributed by atoms with Crippen LogP contribution in [-0.2, 0) is 0 Å². The monoisotopic (exact) mass is 228 g/mol. The van der Waals surface area contributed by atoms with Crippen LogP contribution >= 0.6 is 0 Å². The van der Waals surface area contributed by atoms with Crippen molar-refractivity contribution in [2.75, 3.05) is 19.6 Å². The Bertz CT molecular complexity index is 199. The molecule has 0 aliphatic heterocycles. The van der Waals surface area contributed by atoms with Gasteiger partial charge in [0, 0.05) is 6.54 Å². The molecule has 0 spiro atoms. The Morgan fingerprint density at radius 3 is 1.81 bits per heavy atom. The number of nitrogens with one attached hydrogen (secondary N) is 1. The zero-order chi connectivity index (χ0) is 13.0. The molecule has 0 unspecified atom stereocenters. The SMILES string of the molecule is CC(C)(CN)CCNCC(C)(C)C(C)(C)C. The molecule has 0 saturated heterocycles. The molecule has 0 atom stereocenters. The normalized spacial score (nSPS) is 14.2. The fourth-order valence-electron chi connectivity index (χ4n) is 1.19. The molecule has 98 valence electrons. The molecule has 0 aromatic rings. The van der Waals surface area contributed by atoms with Crippen molar-refractivity contribution < 1.29 is 0 Å². The lowest BCUT2D eigenvalue weighted by Gasteiger charge is -2.39. The molecule has 0 aromatic heterocycles. The molecule has 0 aliphatic rings. The summed E-state index contributed by atoms with van der Waals surface area (Å²) in [7, 11) is 0. The lowest BCUT2D eigenvalue weighted by molar-refractivity contribution is 0.128. The molecule has 0 radical (unpaired) electrons. The Morgan fingerprint density at radius 2 is 1.44 bits per heavy atom. The van der Waals surface area contributed by atoms with Gasteiger partial charge in [-0.1, -0.05) is 48.5 Å². The van der Waals surface area contributed by atoms with Crippen LogP contribution in [0.1, 0.15) is 54.9 Å². The van der Waals surface area contributed by atoms with Crippen molar-refractivity contribution in [1.29, 1.82) is 0 Å². The highest BCUT2D eigenvalue weighted by Crippen LogP contribution is 2.37. The molecular weight excluding hydrogens is 196 g/mol. The smallest absolute Gasteiger partial charge is 0.000753 e. The maximum Gasteiger partial charge on any atom is 0.000753 e. The van der Waals surface area contributed by atoms with Crippen LogP contribution in [0.3, 0.4) is 0 Å². The van der Waals surface area contributed by atoms with E-state index in [9.17, 15) is 0 Å². The largest absolute Gasteiger partial charge is 0.330 e. The topological polar surface area (TPSA) is 38.0 Å². The summed E-state index contributed by atoms with van der Waals surface area (Å²) < 4.78 is 0. The summed E-state index contributed by atoms with van der Waals surface area (Å²) in [5, 5.41) is 3.57. The standard InChI is InChI=1S/C14H32N2/c1-12(2,3)14(6,7)11-16-9-8-13(4,5)10-15/h16H,8-11,15H2,1-7H3. The van der Waals surface area contributed by atoms with E-state index in [1.807, 2.05) is 0 Å². The Hall–Kier alpha value is -0.0800. The van der Waals surface area contributed by atoms with Crippen LogP contribution in [0.25, 0.3) is 0 Å². The zero-order valence-electron chi connectivity index (χ0n) is 12.4. The van der Waals surface area contributed by atoms with Crippen LogP contribution in [0, 0.1) is 16.2 Å². The lowest BCUT2D eigenvalue weighted by atomic mass is 9.69. The van der Waals surface area contributed by atoms with Gasteiger partial charge < -0.3 is 11.1 Å². The third kappa shape index (κ3) is 5.31. The van der Waals surface area contributed by atoms with E-state index in [1.54, 1.807) is 0 Å². The highest BCUT2D eigenvalue weighted by atomic mass is 14.9. The maximum absolute atomic E-state index is 5.72. The van der Waals surface area contributed by atoms with Gasteiger partial charge in [0.05, 0.1) is 0 Å². The Labute approximate surface area is 102 Å². The molecule has 0 heterocycles. The summed E-state index contributed by atoms with van der Waals surface area (Å²) in [6, 6.07) is 0. The van der Waals surface area contributed by atoms with Crippen LogP contribution in [0.5, 0.6) is 0 Å². The summed E-state index contributed by atoms with van der Waals surface area (Å²) in [5.74, 6) is 0. The van der Waals surface area contributed by atoms with Crippen LogP contribution in [0.15, 0.2) is 0 Å². The number of hydrogen-bond donors (Lipinski definition) is 2. The van der Waals surface area contributed by atoms with E-state index in [0.717, 1.165) is 26.1 Å². The first kappa shape index (κ1) is 15.9. The second-order valence-electron chi connectivity index (χ2n) is 7.43. The van der Waals surface area contributed by atoms with Gasteiger partial charge in [0.25, 0.3) is 0 Å². The molecule has 0 saturated carbocycles. The maximum atomic E-state index is 5.72. The van der Waals surface area contributed by atoms with Gasteiger partial charge in [0.2, 0.25) is 0 Å². The molecule has 0 fully saturated rings. The van der Waals surface area contributed by atoms with Crippen molar-refractivity contribution in [3.05, 3.63) is 0 Å². The summed E-state index contributed by atoms with van der Waals surface area (Å²) in [6.45, 7) is 18.9. The predicted octanol–water partition coefficient (Wildman–Crippen LogP) is 3.02. The fourth-order valence-corrected chi connectivity index (χ4v) is 1.19. The number of rotatable bonds is 6. The molecule has 0 aliphatic carbocycles. The van der Waals surface area contributed by atoms with E-state index >= 15 is 0 Å². The minimum absolute atomic E-state index is 0.263. The first-order chi connectivity index (χ1) is 7.02. The van der Waals surface area contributed by atoms with Crippen molar-refractivity contribution >= 4 is 0 Å². The first-order valence-electron chi connectivity index (χ1n) is 6.43. The lowest BCUT2D eigenvalue weighted by Crippen LogP contribution is -2.40. The Kier molecular flexibility index (Phi) is 5.48. The van der Waals surface area contributed by atoms with E-state index in [4.69, 9.17) is 5.73 Å². The van der Waals surface area contributed by atoms with Gasteiger partial charge in [-0.05, 0) is 35.8 Å². The highest BCUT2D eigenvalue weighted by Gasteiger charge is 2.32. The zero-order valence-corrected chi connectivity index (χ0v) is 12.4. The summed E-state index contributed by atoms with van der Waals surface area (Å²) >= 11 is 0. The van der Waals surface area contributed by atoms with Crippen LogP contribution < -0.4 is 11.1 Å². The van der Waals surface area contributed by atoms with Crippen molar-refractivity contribution in [1.82, 2.24) is 5.32 Å². The molecule has 0 aromatic carbocycles. The number of nitrogens with two attached hydrogens (primary N) is 1. The van der Waals surface area contributed by atoms with Gasteiger partial charge >= 0.3 is 0 Å². The predicted molar refractivity (Wildman–Crippen MR) is 73.6 cm³/mol. The highest BCUT2D eigenvalue weighted by molar-refractivity contribution is 4.84. The Balaban J connectivity index is 3.92. The van der Waals surface area contributed by atoms with Crippen LogP contribution in [0.4, 0.5) is 0 Å². The van der Waals surface area contributed by atoms with Crippen LogP contribution in [0.2, 0.25) is 0 Å². The Morgan fingerprint density at radius 1 is 0.938 bits per heavy atom.